The molecular formula is C16H27NO2. The number of methoxy groups -OCH3 is 1. The van der Waals surface area contributed by atoms with E-state index in [1.165, 1.54) is 0 Å². The lowest BCUT2D eigenvalue weighted by Crippen LogP contribution is -2.35. The van der Waals surface area contributed by atoms with E-state index in [0.717, 1.165) is 30.2 Å². The Morgan fingerprint density at radius 3 is 2.42 bits per heavy atom. The van der Waals surface area contributed by atoms with Crippen molar-refractivity contribution in [3.05, 3.63) is 23.8 Å². The largest absolute Gasteiger partial charge is 0.497 e. The fourth-order valence-corrected chi connectivity index (χ4v) is 1.58. The van der Waals surface area contributed by atoms with Crippen LogP contribution in [0.5, 0.6) is 11.5 Å². The molecule has 19 heavy (non-hydrogen) atoms. The van der Waals surface area contributed by atoms with Crippen LogP contribution in [-0.4, -0.2) is 19.3 Å². The Balaban J connectivity index is 2.83. The molecule has 0 heterocycles. The van der Waals surface area contributed by atoms with Gasteiger partial charge in [0.05, 0.1) is 13.7 Å². The van der Waals surface area contributed by atoms with Crippen LogP contribution >= 0.6 is 0 Å². The normalized spacial score (nSPS) is 11.7. The molecule has 0 amide bonds. The Bertz CT molecular complexity index is 394. The highest BCUT2D eigenvalue weighted by molar-refractivity contribution is 5.40. The first kappa shape index (κ1) is 15.8. The second kappa shape index (κ2) is 6.80. The lowest BCUT2D eigenvalue weighted by Gasteiger charge is -2.22. The van der Waals surface area contributed by atoms with Gasteiger partial charge in [-0.25, -0.2) is 0 Å². The molecule has 1 aromatic carbocycles. The molecule has 0 atom stereocenters. The van der Waals surface area contributed by atoms with E-state index in [1.807, 2.05) is 18.2 Å². The molecule has 0 unspecified atom stereocenters. The molecule has 0 saturated heterocycles. The second-order valence-electron chi connectivity index (χ2n) is 6.28. The smallest absolute Gasteiger partial charge is 0.124 e. The van der Waals surface area contributed by atoms with E-state index in [2.05, 4.69) is 39.9 Å². The number of ether oxygens (including phenoxy) is 2. The third-order valence-electron chi connectivity index (χ3n) is 2.65. The van der Waals surface area contributed by atoms with Crippen molar-refractivity contribution in [2.75, 3.05) is 13.7 Å². The zero-order valence-corrected chi connectivity index (χ0v) is 13.0. The molecule has 0 radical (unpaired) electrons. The molecule has 1 aromatic rings. The zero-order chi connectivity index (χ0) is 14.5. The first-order valence-electron chi connectivity index (χ1n) is 6.86. The molecule has 0 spiro atoms. The van der Waals surface area contributed by atoms with Gasteiger partial charge in [-0.2, -0.15) is 0 Å². The van der Waals surface area contributed by atoms with Gasteiger partial charge in [-0.3, -0.25) is 0 Å². The van der Waals surface area contributed by atoms with Crippen LogP contribution in [0.4, 0.5) is 0 Å². The van der Waals surface area contributed by atoms with Gasteiger partial charge in [0.25, 0.3) is 0 Å². The summed E-state index contributed by atoms with van der Waals surface area (Å²) in [6, 6.07) is 5.96. The maximum atomic E-state index is 5.87. The molecule has 1 N–H and O–H groups in total. The lowest BCUT2D eigenvalue weighted by atomic mass is 10.1. The van der Waals surface area contributed by atoms with E-state index in [1.54, 1.807) is 7.11 Å². The van der Waals surface area contributed by atoms with Gasteiger partial charge in [-0.05, 0) is 44.9 Å². The molecule has 0 aliphatic heterocycles. The fourth-order valence-electron chi connectivity index (χ4n) is 1.58. The Morgan fingerprint density at radius 1 is 1.21 bits per heavy atom. The average molecular weight is 265 g/mol. The second-order valence-corrected chi connectivity index (χ2v) is 6.28. The van der Waals surface area contributed by atoms with Crippen molar-refractivity contribution in [3.63, 3.8) is 0 Å². The molecule has 108 valence electrons. The summed E-state index contributed by atoms with van der Waals surface area (Å²) in [5, 5.41) is 3.48. The molecule has 3 heteroatoms. The van der Waals surface area contributed by atoms with Crippen LogP contribution in [0.2, 0.25) is 0 Å². The van der Waals surface area contributed by atoms with Gasteiger partial charge < -0.3 is 14.8 Å². The fraction of sp³-hybridized carbons (Fsp3) is 0.625. The summed E-state index contributed by atoms with van der Waals surface area (Å²) >= 11 is 0. The Hall–Kier alpha value is -1.22. The molecular weight excluding hydrogens is 238 g/mol. The molecule has 0 fully saturated rings. The Kier molecular flexibility index (Phi) is 5.67. The summed E-state index contributed by atoms with van der Waals surface area (Å²) in [7, 11) is 1.69. The monoisotopic (exact) mass is 265 g/mol. The van der Waals surface area contributed by atoms with Crippen LogP contribution in [0.1, 0.15) is 40.2 Å². The summed E-state index contributed by atoms with van der Waals surface area (Å²) in [5.41, 5.74) is 1.22. The van der Waals surface area contributed by atoms with Crippen molar-refractivity contribution in [3.8, 4) is 11.5 Å². The number of hydrogen-bond acceptors (Lipinski definition) is 3. The van der Waals surface area contributed by atoms with Gasteiger partial charge in [0.1, 0.15) is 11.5 Å². The Morgan fingerprint density at radius 2 is 1.89 bits per heavy atom. The number of benzene rings is 1. The van der Waals surface area contributed by atoms with Gasteiger partial charge in [0.2, 0.25) is 0 Å². The number of hydrogen-bond donors (Lipinski definition) is 1. The van der Waals surface area contributed by atoms with Gasteiger partial charge in [-0.15, -0.1) is 0 Å². The van der Waals surface area contributed by atoms with Crippen LogP contribution in [-0.2, 0) is 6.54 Å². The van der Waals surface area contributed by atoms with Crippen molar-refractivity contribution >= 4 is 0 Å². The van der Waals surface area contributed by atoms with E-state index in [4.69, 9.17) is 9.47 Å². The maximum Gasteiger partial charge on any atom is 0.124 e. The van der Waals surface area contributed by atoms with Crippen molar-refractivity contribution in [2.24, 2.45) is 5.92 Å². The summed E-state index contributed by atoms with van der Waals surface area (Å²) in [5.74, 6) is 2.32. The summed E-state index contributed by atoms with van der Waals surface area (Å²) in [6.45, 7) is 12.3. The van der Waals surface area contributed by atoms with E-state index < -0.39 is 0 Å². The van der Waals surface area contributed by atoms with Crippen LogP contribution in [0.3, 0.4) is 0 Å². The summed E-state index contributed by atoms with van der Waals surface area (Å²) in [4.78, 5) is 0. The highest BCUT2D eigenvalue weighted by Crippen LogP contribution is 2.25. The van der Waals surface area contributed by atoms with Crippen LogP contribution in [0.25, 0.3) is 0 Å². The first-order valence-corrected chi connectivity index (χ1v) is 6.86. The minimum atomic E-state index is 0.0817. The highest BCUT2D eigenvalue weighted by Gasteiger charge is 2.12. The molecule has 1 rings (SSSR count). The molecule has 0 saturated carbocycles. The Labute approximate surface area is 117 Å². The van der Waals surface area contributed by atoms with Gasteiger partial charge >= 0.3 is 0 Å². The lowest BCUT2D eigenvalue weighted by molar-refractivity contribution is 0.266. The van der Waals surface area contributed by atoms with Gasteiger partial charge in [-0.1, -0.05) is 13.8 Å². The van der Waals surface area contributed by atoms with E-state index in [0.29, 0.717) is 5.92 Å². The minimum absolute atomic E-state index is 0.0817. The van der Waals surface area contributed by atoms with Crippen molar-refractivity contribution < 1.29 is 9.47 Å². The SMILES string of the molecule is COc1ccc(OCC(C)C)c(CNC(C)(C)C)c1. The maximum absolute atomic E-state index is 5.87. The van der Waals surface area contributed by atoms with Crippen molar-refractivity contribution in [1.29, 1.82) is 0 Å². The number of rotatable bonds is 6. The minimum Gasteiger partial charge on any atom is -0.497 e. The van der Waals surface area contributed by atoms with Crippen molar-refractivity contribution in [1.82, 2.24) is 5.32 Å². The zero-order valence-electron chi connectivity index (χ0n) is 13.0. The molecule has 0 bridgehead atoms. The third-order valence-corrected chi connectivity index (χ3v) is 2.65. The molecule has 0 aromatic heterocycles. The van der Waals surface area contributed by atoms with Crippen molar-refractivity contribution in [2.45, 2.75) is 46.7 Å². The van der Waals surface area contributed by atoms with Gasteiger partial charge in [0, 0.05) is 17.6 Å². The van der Waals surface area contributed by atoms with Gasteiger partial charge in [0.15, 0.2) is 0 Å². The average Bonchev–Trinajstić information content (AvgIpc) is 2.33. The third kappa shape index (κ3) is 5.97. The topological polar surface area (TPSA) is 30.5 Å². The van der Waals surface area contributed by atoms with E-state index in [9.17, 15) is 0 Å². The molecule has 0 aliphatic rings. The quantitative estimate of drug-likeness (QED) is 0.852. The standard InChI is InChI=1S/C16H27NO2/c1-12(2)11-19-15-8-7-14(18-6)9-13(15)10-17-16(3,4)5/h7-9,12,17H,10-11H2,1-6H3. The summed E-state index contributed by atoms with van der Waals surface area (Å²) in [6.07, 6.45) is 0. The van der Waals surface area contributed by atoms with E-state index >= 15 is 0 Å². The van der Waals surface area contributed by atoms with Crippen LogP contribution in [0, 0.1) is 5.92 Å². The first-order chi connectivity index (χ1) is 8.81. The summed E-state index contributed by atoms with van der Waals surface area (Å²) < 4.78 is 11.2. The predicted molar refractivity (Wildman–Crippen MR) is 79.9 cm³/mol. The predicted octanol–water partition coefficient (Wildman–Crippen LogP) is 3.62. The van der Waals surface area contributed by atoms with E-state index in [-0.39, 0.29) is 5.54 Å². The van der Waals surface area contributed by atoms with Crippen LogP contribution in [0.15, 0.2) is 18.2 Å². The van der Waals surface area contributed by atoms with Crippen LogP contribution < -0.4 is 14.8 Å². The molecule has 0 aliphatic carbocycles. The highest BCUT2D eigenvalue weighted by atomic mass is 16.5. The molecule has 3 nitrogen and oxygen atoms in total. The number of nitrogens with one attached hydrogen (secondary N) is 1.